The summed E-state index contributed by atoms with van der Waals surface area (Å²) in [7, 11) is -3.49. The number of sulfone groups is 1. The van der Waals surface area contributed by atoms with E-state index in [1.807, 2.05) is 0 Å². The number of carboxylic acids is 1. The summed E-state index contributed by atoms with van der Waals surface area (Å²) in [6.07, 6.45) is 0. The summed E-state index contributed by atoms with van der Waals surface area (Å²) in [5, 5.41) is 10.4. The number of anilines is 1. The maximum atomic E-state index is 11.7. The smallest absolute Gasteiger partial charge is 0.341 e. The van der Waals surface area contributed by atoms with Gasteiger partial charge in [-0.1, -0.05) is 11.6 Å². The molecule has 0 aromatic heterocycles. The van der Waals surface area contributed by atoms with Gasteiger partial charge in [-0.3, -0.25) is 4.79 Å². The second kappa shape index (κ2) is 7.46. The van der Waals surface area contributed by atoms with Crippen LogP contribution in [0.15, 0.2) is 18.2 Å². The quantitative estimate of drug-likeness (QED) is 0.773. The van der Waals surface area contributed by atoms with Gasteiger partial charge in [0.05, 0.1) is 10.3 Å². The lowest BCUT2D eigenvalue weighted by Gasteiger charge is -2.10. The fourth-order valence-electron chi connectivity index (χ4n) is 1.38. The van der Waals surface area contributed by atoms with Crippen LogP contribution in [0.2, 0.25) is 5.02 Å². The highest BCUT2D eigenvalue weighted by atomic mass is 35.5. The summed E-state index contributed by atoms with van der Waals surface area (Å²) >= 11 is 5.89. The molecule has 9 heteroatoms. The molecule has 0 unspecified atom stereocenters. The maximum absolute atomic E-state index is 11.7. The van der Waals surface area contributed by atoms with Crippen LogP contribution in [0.4, 0.5) is 5.69 Å². The molecule has 1 aromatic carbocycles. The molecular weight excluding hydrogens is 334 g/mol. The fourth-order valence-corrected chi connectivity index (χ4v) is 2.39. The van der Waals surface area contributed by atoms with Gasteiger partial charge in [-0.15, -0.1) is 0 Å². The Morgan fingerprint density at radius 1 is 1.36 bits per heavy atom. The number of aliphatic carboxylic acids is 1. The summed E-state index contributed by atoms with van der Waals surface area (Å²) < 4.78 is 28.2. The van der Waals surface area contributed by atoms with Crippen LogP contribution in [0, 0.1) is 0 Å². The number of halogens is 1. The Labute approximate surface area is 133 Å². The molecule has 22 heavy (non-hydrogen) atoms. The first-order chi connectivity index (χ1) is 10.1. The van der Waals surface area contributed by atoms with Crippen molar-refractivity contribution in [1.29, 1.82) is 0 Å². The molecule has 1 rings (SSSR count). The molecule has 0 aliphatic heterocycles. The summed E-state index contributed by atoms with van der Waals surface area (Å²) in [6.45, 7) is 2.44. The zero-order chi connectivity index (χ0) is 16.9. The Morgan fingerprint density at radius 2 is 2.00 bits per heavy atom. The second-order valence-corrected chi connectivity index (χ2v) is 7.70. The van der Waals surface area contributed by atoms with Gasteiger partial charge >= 0.3 is 5.97 Å². The Balaban J connectivity index is 2.73. The van der Waals surface area contributed by atoms with E-state index >= 15 is 0 Å². The number of rotatable bonds is 7. The van der Waals surface area contributed by atoms with E-state index in [-0.39, 0.29) is 16.5 Å². The van der Waals surface area contributed by atoms with E-state index in [9.17, 15) is 18.0 Å². The molecule has 0 spiro atoms. The third-order valence-electron chi connectivity index (χ3n) is 2.62. The van der Waals surface area contributed by atoms with Gasteiger partial charge in [0, 0.05) is 5.69 Å². The van der Waals surface area contributed by atoms with Crippen LogP contribution in [0.3, 0.4) is 0 Å². The lowest BCUT2D eigenvalue weighted by molar-refractivity contribution is -0.139. The van der Waals surface area contributed by atoms with Gasteiger partial charge in [-0.25, -0.2) is 13.2 Å². The highest BCUT2D eigenvalue weighted by Crippen LogP contribution is 2.27. The number of hydrogen-bond donors (Lipinski definition) is 2. The minimum Gasteiger partial charge on any atom is -0.480 e. The first-order valence-corrected chi connectivity index (χ1v) is 8.36. The average molecular weight is 350 g/mol. The monoisotopic (exact) mass is 349 g/mol. The first-order valence-electron chi connectivity index (χ1n) is 6.27. The number of nitrogens with one attached hydrogen (secondary N) is 1. The van der Waals surface area contributed by atoms with Crippen molar-refractivity contribution < 1.29 is 27.9 Å². The van der Waals surface area contributed by atoms with E-state index in [0.29, 0.717) is 0 Å². The van der Waals surface area contributed by atoms with Gasteiger partial charge in [0.2, 0.25) is 5.91 Å². The van der Waals surface area contributed by atoms with E-state index in [1.54, 1.807) is 0 Å². The van der Waals surface area contributed by atoms with Gasteiger partial charge in [0.15, 0.2) is 16.4 Å². The largest absolute Gasteiger partial charge is 0.480 e. The third-order valence-corrected chi connectivity index (χ3v) is 5.01. The number of benzene rings is 1. The molecule has 122 valence electrons. The Morgan fingerprint density at radius 3 is 2.50 bits per heavy atom. The lowest BCUT2D eigenvalue weighted by Crippen LogP contribution is -2.27. The SMILES string of the molecule is CC(C)S(=O)(=O)CC(=O)Nc1ccc(OCC(=O)O)c(Cl)c1. The van der Waals surface area contributed by atoms with E-state index in [4.69, 9.17) is 21.4 Å². The number of carbonyl (C=O) groups is 2. The van der Waals surface area contributed by atoms with Gasteiger partial charge < -0.3 is 15.2 Å². The number of carbonyl (C=O) groups excluding carboxylic acids is 1. The number of amides is 1. The predicted octanol–water partition coefficient (Wildman–Crippen LogP) is 1.57. The number of hydrogen-bond acceptors (Lipinski definition) is 5. The van der Waals surface area contributed by atoms with Gasteiger partial charge in [-0.05, 0) is 32.0 Å². The lowest BCUT2D eigenvalue weighted by atomic mass is 10.3. The van der Waals surface area contributed by atoms with E-state index in [0.717, 1.165) is 0 Å². The normalized spacial score (nSPS) is 11.3. The zero-order valence-electron chi connectivity index (χ0n) is 12.0. The van der Waals surface area contributed by atoms with E-state index in [2.05, 4.69) is 5.32 Å². The van der Waals surface area contributed by atoms with Gasteiger partial charge in [0.25, 0.3) is 0 Å². The summed E-state index contributed by atoms with van der Waals surface area (Å²) in [6, 6.07) is 4.17. The van der Waals surface area contributed by atoms with Crippen molar-refractivity contribution in [3.8, 4) is 5.75 Å². The topological polar surface area (TPSA) is 110 Å². The van der Waals surface area contributed by atoms with Gasteiger partial charge in [-0.2, -0.15) is 0 Å². The molecule has 0 heterocycles. The minimum atomic E-state index is -3.49. The molecule has 2 N–H and O–H groups in total. The van der Waals surface area contributed by atoms with Crippen molar-refractivity contribution in [2.45, 2.75) is 19.1 Å². The molecule has 0 radical (unpaired) electrons. The van der Waals surface area contributed by atoms with Crippen LogP contribution in [0.5, 0.6) is 5.75 Å². The molecular formula is C13H16ClNO6S. The zero-order valence-corrected chi connectivity index (χ0v) is 13.6. The molecule has 7 nitrogen and oxygen atoms in total. The second-order valence-electron chi connectivity index (χ2n) is 4.73. The summed E-state index contributed by atoms with van der Waals surface area (Å²) in [4.78, 5) is 22.1. The van der Waals surface area contributed by atoms with Crippen molar-refractivity contribution in [3.05, 3.63) is 23.2 Å². The number of ether oxygens (including phenoxy) is 1. The molecule has 0 aliphatic rings. The van der Waals surface area contributed by atoms with Crippen molar-refractivity contribution in [2.75, 3.05) is 17.7 Å². The highest BCUT2D eigenvalue weighted by molar-refractivity contribution is 7.92. The molecule has 0 aliphatic carbocycles. The van der Waals surface area contributed by atoms with Crippen LogP contribution < -0.4 is 10.1 Å². The standard InChI is InChI=1S/C13H16ClNO6S/c1-8(2)22(19,20)7-12(16)15-9-3-4-11(10(14)5-9)21-6-13(17)18/h3-5,8H,6-7H2,1-2H3,(H,15,16)(H,17,18). The molecule has 0 atom stereocenters. The van der Waals surface area contributed by atoms with E-state index in [1.165, 1.54) is 32.0 Å². The van der Waals surface area contributed by atoms with Crippen LogP contribution in [0.25, 0.3) is 0 Å². The highest BCUT2D eigenvalue weighted by Gasteiger charge is 2.20. The van der Waals surface area contributed by atoms with Crippen molar-refractivity contribution in [1.82, 2.24) is 0 Å². The van der Waals surface area contributed by atoms with E-state index < -0.39 is 39.3 Å². The molecule has 0 fully saturated rings. The Kier molecular flexibility index (Phi) is 6.19. The molecule has 0 saturated carbocycles. The van der Waals surface area contributed by atoms with Crippen molar-refractivity contribution in [3.63, 3.8) is 0 Å². The van der Waals surface area contributed by atoms with Crippen LogP contribution in [0.1, 0.15) is 13.8 Å². The number of carboxylic acid groups (broad SMARTS) is 1. The van der Waals surface area contributed by atoms with Crippen LogP contribution >= 0.6 is 11.6 Å². The minimum absolute atomic E-state index is 0.103. The molecule has 0 bridgehead atoms. The first kappa shape index (κ1) is 18.2. The molecule has 0 saturated heterocycles. The fraction of sp³-hybridized carbons (Fsp3) is 0.385. The van der Waals surface area contributed by atoms with Gasteiger partial charge in [0.1, 0.15) is 11.5 Å². The summed E-state index contributed by atoms with van der Waals surface area (Å²) in [5.41, 5.74) is 0.289. The Bertz CT molecular complexity index is 671. The van der Waals surface area contributed by atoms with Crippen LogP contribution in [-0.2, 0) is 19.4 Å². The van der Waals surface area contributed by atoms with Crippen molar-refractivity contribution in [2.24, 2.45) is 0 Å². The predicted molar refractivity (Wildman–Crippen MR) is 82.1 cm³/mol. The Hall–Kier alpha value is -1.80. The molecule has 1 aromatic rings. The van der Waals surface area contributed by atoms with Crippen LogP contribution in [-0.4, -0.2) is 43.0 Å². The molecule has 1 amide bonds. The average Bonchev–Trinajstić information content (AvgIpc) is 2.36. The maximum Gasteiger partial charge on any atom is 0.341 e. The summed E-state index contributed by atoms with van der Waals surface area (Å²) in [5.74, 6) is -2.30. The van der Waals surface area contributed by atoms with Crippen molar-refractivity contribution >= 4 is 39.0 Å². The third kappa shape index (κ3) is 5.53.